The summed E-state index contributed by atoms with van der Waals surface area (Å²) >= 11 is 0. The Labute approximate surface area is 160 Å². The Morgan fingerprint density at radius 2 is 1.59 bits per heavy atom. The fourth-order valence-electron chi connectivity index (χ4n) is 3.04. The van der Waals surface area contributed by atoms with Crippen molar-refractivity contribution in [3.63, 3.8) is 0 Å². The van der Waals surface area contributed by atoms with Gasteiger partial charge in [-0.2, -0.15) is 4.31 Å². The molecule has 27 heavy (non-hydrogen) atoms. The zero-order chi connectivity index (χ0) is 19.3. The van der Waals surface area contributed by atoms with Crippen molar-refractivity contribution in [2.24, 2.45) is 0 Å². The van der Waals surface area contributed by atoms with Crippen LogP contribution in [0, 0.1) is 6.92 Å². The van der Waals surface area contributed by atoms with Gasteiger partial charge in [0.1, 0.15) is 0 Å². The predicted octanol–water partition coefficient (Wildman–Crippen LogP) is 1.62. The van der Waals surface area contributed by atoms with Crippen LogP contribution in [0.2, 0.25) is 0 Å². The molecule has 7 heteroatoms. The number of hydrogen-bond acceptors (Lipinski definition) is 4. The lowest BCUT2D eigenvalue weighted by molar-refractivity contribution is -0.122. The van der Waals surface area contributed by atoms with Crippen LogP contribution in [0.5, 0.6) is 0 Å². The third-order valence-electron chi connectivity index (χ3n) is 4.69. The highest BCUT2D eigenvalue weighted by Gasteiger charge is 2.28. The molecule has 0 saturated carbocycles. The first kappa shape index (κ1) is 19.5. The minimum absolute atomic E-state index is 0.0464. The number of amides is 1. The summed E-state index contributed by atoms with van der Waals surface area (Å²) in [7, 11) is -3.46. The van der Waals surface area contributed by atoms with E-state index in [2.05, 4.69) is 5.32 Å². The molecule has 3 rings (SSSR count). The number of carbonyl (C=O) groups is 1. The van der Waals surface area contributed by atoms with Crippen LogP contribution in [-0.2, 0) is 21.4 Å². The molecule has 2 aromatic carbocycles. The van der Waals surface area contributed by atoms with Gasteiger partial charge in [-0.15, -0.1) is 0 Å². The van der Waals surface area contributed by atoms with E-state index in [9.17, 15) is 13.2 Å². The van der Waals surface area contributed by atoms with Crippen molar-refractivity contribution in [1.29, 1.82) is 0 Å². The van der Waals surface area contributed by atoms with Gasteiger partial charge in [-0.25, -0.2) is 8.42 Å². The number of carbonyl (C=O) groups excluding carboxylic acids is 1. The van der Waals surface area contributed by atoms with Gasteiger partial charge in [-0.05, 0) is 24.6 Å². The first-order chi connectivity index (χ1) is 12.9. The van der Waals surface area contributed by atoms with Gasteiger partial charge in [0.25, 0.3) is 0 Å². The molecule has 1 saturated heterocycles. The summed E-state index contributed by atoms with van der Waals surface area (Å²) in [6.45, 7) is 4.69. The molecular formula is C20H25N3O3S. The van der Waals surface area contributed by atoms with Crippen molar-refractivity contribution < 1.29 is 13.2 Å². The smallest absolute Gasteiger partial charge is 0.243 e. The van der Waals surface area contributed by atoms with Crippen LogP contribution in [-0.4, -0.2) is 56.3 Å². The number of benzene rings is 2. The van der Waals surface area contributed by atoms with E-state index in [1.807, 2.05) is 36.1 Å². The van der Waals surface area contributed by atoms with E-state index in [-0.39, 0.29) is 12.5 Å². The second-order valence-corrected chi connectivity index (χ2v) is 8.69. The third-order valence-corrected chi connectivity index (χ3v) is 6.60. The molecule has 0 unspecified atom stereocenters. The van der Waals surface area contributed by atoms with E-state index in [0.717, 1.165) is 5.56 Å². The number of nitrogens with zero attached hydrogens (tertiary/aromatic N) is 2. The Morgan fingerprint density at radius 3 is 2.22 bits per heavy atom. The molecule has 0 radical (unpaired) electrons. The Balaban J connectivity index is 1.46. The number of hydrogen-bond donors (Lipinski definition) is 1. The van der Waals surface area contributed by atoms with Crippen LogP contribution in [0.4, 0.5) is 0 Å². The fourth-order valence-corrected chi connectivity index (χ4v) is 4.48. The quantitative estimate of drug-likeness (QED) is 0.818. The fraction of sp³-hybridized carbons (Fsp3) is 0.350. The maximum atomic E-state index is 12.6. The predicted molar refractivity (Wildman–Crippen MR) is 105 cm³/mol. The molecule has 0 atom stereocenters. The van der Waals surface area contributed by atoms with E-state index in [1.54, 1.807) is 30.3 Å². The molecule has 1 aliphatic rings. The summed E-state index contributed by atoms with van der Waals surface area (Å²) in [5.74, 6) is -0.0464. The van der Waals surface area contributed by atoms with Crippen molar-refractivity contribution in [3.05, 3.63) is 65.7 Å². The zero-order valence-corrected chi connectivity index (χ0v) is 16.3. The number of sulfonamides is 1. The van der Waals surface area contributed by atoms with Gasteiger partial charge in [0, 0.05) is 32.7 Å². The van der Waals surface area contributed by atoms with Crippen LogP contribution in [0.1, 0.15) is 11.1 Å². The van der Waals surface area contributed by atoms with Crippen molar-refractivity contribution in [1.82, 2.24) is 14.5 Å². The summed E-state index contributed by atoms with van der Waals surface area (Å²) in [6, 6.07) is 16.5. The summed E-state index contributed by atoms with van der Waals surface area (Å²) in [6.07, 6.45) is 0. The van der Waals surface area contributed by atoms with Gasteiger partial charge in [-0.3, -0.25) is 9.69 Å². The van der Waals surface area contributed by atoms with Crippen LogP contribution in [0.15, 0.2) is 59.5 Å². The monoisotopic (exact) mass is 387 g/mol. The molecule has 0 bridgehead atoms. The van der Waals surface area contributed by atoms with E-state index >= 15 is 0 Å². The average Bonchev–Trinajstić information content (AvgIpc) is 2.69. The maximum Gasteiger partial charge on any atom is 0.243 e. The normalized spacial score (nSPS) is 16.2. The molecule has 1 aliphatic heterocycles. The second kappa shape index (κ2) is 8.65. The first-order valence-corrected chi connectivity index (χ1v) is 10.5. The molecule has 144 valence electrons. The van der Waals surface area contributed by atoms with Crippen LogP contribution in [0.25, 0.3) is 0 Å². The van der Waals surface area contributed by atoms with Crippen molar-refractivity contribution in [3.8, 4) is 0 Å². The van der Waals surface area contributed by atoms with Crippen molar-refractivity contribution in [2.45, 2.75) is 18.4 Å². The maximum absolute atomic E-state index is 12.6. The van der Waals surface area contributed by atoms with Gasteiger partial charge in [0.15, 0.2) is 0 Å². The topological polar surface area (TPSA) is 69.7 Å². The minimum atomic E-state index is -3.46. The Bertz CT molecular complexity index is 859. The van der Waals surface area contributed by atoms with Gasteiger partial charge in [-0.1, -0.05) is 48.0 Å². The molecule has 1 fully saturated rings. The lowest BCUT2D eigenvalue weighted by Gasteiger charge is -2.33. The zero-order valence-electron chi connectivity index (χ0n) is 15.5. The summed E-state index contributed by atoms with van der Waals surface area (Å²) < 4.78 is 26.7. The Hall–Kier alpha value is -2.22. The number of rotatable bonds is 6. The number of nitrogens with one attached hydrogen (secondary N) is 1. The van der Waals surface area contributed by atoms with Crippen LogP contribution in [0.3, 0.4) is 0 Å². The van der Waals surface area contributed by atoms with E-state index < -0.39 is 10.0 Å². The molecule has 0 aromatic heterocycles. The molecule has 6 nitrogen and oxygen atoms in total. The lowest BCUT2D eigenvalue weighted by atomic mass is 10.1. The minimum Gasteiger partial charge on any atom is -0.351 e. The Kier molecular flexibility index (Phi) is 6.26. The highest BCUT2D eigenvalue weighted by molar-refractivity contribution is 7.89. The van der Waals surface area contributed by atoms with Gasteiger partial charge in [0.05, 0.1) is 11.4 Å². The summed E-state index contributed by atoms with van der Waals surface area (Å²) in [5.41, 5.74) is 2.25. The molecule has 1 heterocycles. The van der Waals surface area contributed by atoms with E-state index in [4.69, 9.17) is 0 Å². The van der Waals surface area contributed by atoms with Gasteiger partial charge < -0.3 is 5.32 Å². The number of aryl methyl sites for hydroxylation is 1. The summed E-state index contributed by atoms with van der Waals surface area (Å²) in [4.78, 5) is 14.5. The standard InChI is InChI=1S/C20H25N3O3S/c1-17-7-9-18(10-8-17)15-21-20(24)16-22-11-13-23(14-12-22)27(25,26)19-5-3-2-4-6-19/h2-10H,11-16H2,1H3,(H,21,24). The van der Waals surface area contributed by atoms with E-state index in [0.29, 0.717) is 37.6 Å². The second-order valence-electron chi connectivity index (χ2n) is 6.76. The van der Waals surface area contributed by atoms with Crippen LogP contribution < -0.4 is 5.32 Å². The average molecular weight is 388 g/mol. The molecule has 1 amide bonds. The molecule has 1 N–H and O–H groups in total. The number of piperazine rings is 1. The third kappa shape index (κ3) is 5.15. The highest BCUT2D eigenvalue weighted by Crippen LogP contribution is 2.17. The Morgan fingerprint density at radius 1 is 0.963 bits per heavy atom. The molecule has 2 aromatic rings. The molecule has 0 aliphatic carbocycles. The van der Waals surface area contributed by atoms with Gasteiger partial charge in [0.2, 0.25) is 15.9 Å². The SMILES string of the molecule is Cc1ccc(CNC(=O)CN2CCN(S(=O)(=O)c3ccccc3)CC2)cc1. The van der Waals surface area contributed by atoms with Crippen LogP contribution >= 0.6 is 0 Å². The largest absolute Gasteiger partial charge is 0.351 e. The molecular weight excluding hydrogens is 362 g/mol. The van der Waals surface area contributed by atoms with Gasteiger partial charge >= 0.3 is 0 Å². The highest BCUT2D eigenvalue weighted by atomic mass is 32.2. The van der Waals surface area contributed by atoms with E-state index in [1.165, 1.54) is 9.87 Å². The van der Waals surface area contributed by atoms with Crippen molar-refractivity contribution >= 4 is 15.9 Å². The molecule has 0 spiro atoms. The van der Waals surface area contributed by atoms with Crippen molar-refractivity contribution in [2.75, 3.05) is 32.7 Å². The first-order valence-electron chi connectivity index (χ1n) is 9.05. The summed E-state index contributed by atoms with van der Waals surface area (Å²) in [5, 5.41) is 2.92. The lowest BCUT2D eigenvalue weighted by Crippen LogP contribution is -2.50.